The van der Waals surface area contributed by atoms with Crippen LogP contribution >= 0.6 is 0 Å². The highest BCUT2D eigenvalue weighted by molar-refractivity contribution is 6.21. The molecule has 0 saturated carbocycles. The average Bonchev–Trinajstić information content (AvgIpc) is 3.62. The molecule has 390 valence electrons. The van der Waals surface area contributed by atoms with Crippen molar-refractivity contribution in [2.45, 2.75) is 116 Å². The van der Waals surface area contributed by atoms with Gasteiger partial charge in [0.15, 0.2) is 37.0 Å². The molecule has 0 bridgehead atoms. The lowest BCUT2D eigenvalue weighted by Crippen LogP contribution is -2.70. The van der Waals surface area contributed by atoms with Crippen molar-refractivity contribution in [3.63, 3.8) is 0 Å². The molecule has 4 aromatic rings. The number of benzene rings is 4. The van der Waals surface area contributed by atoms with Gasteiger partial charge < -0.3 is 52.1 Å². The maximum absolute atomic E-state index is 14.5. The second kappa shape index (κ2) is 24.2. The maximum atomic E-state index is 14.5. The van der Waals surface area contributed by atoms with E-state index in [-0.39, 0.29) is 28.9 Å². The number of carbonyl (C=O) groups excluding carboxylic acids is 9. The fourth-order valence-electron chi connectivity index (χ4n) is 8.57. The molecule has 0 aliphatic carbocycles. The van der Waals surface area contributed by atoms with Gasteiger partial charge in [0.25, 0.3) is 11.8 Å². The van der Waals surface area contributed by atoms with Crippen LogP contribution in [0.4, 0.5) is 0 Å². The van der Waals surface area contributed by atoms with Gasteiger partial charge in [-0.3, -0.25) is 38.5 Å². The lowest BCUT2D eigenvalue weighted by Gasteiger charge is -2.50. The molecular weight excluding hydrogens is 971 g/mol. The summed E-state index contributed by atoms with van der Waals surface area (Å²) in [6.45, 7) is 5.73. The molecule has 2 saturated heterocycles. The summed E-state index contributed by atoms with van der Waals surface area (Å²) in [6.07, 6.45) is -16.7. The molecule has 2 amide bonds. The summed E-state index contributed by atoms with van der Waals surface area (Å²) in [6, 6.07) is 26.3. The monoisotopic (exact) mass is 1020 g/mol. The number of hydrogen-bond acceptors (Lipinski definition) is 20. The zero-order valence-electron chi connectivity index (χ0n) is 41.0. The summed E-state index contributed by atoms with van der Waals surface area (Å²) < 4.78 is 66.3. The van der Waals surface area contributed by atoms with Crippen molar-refractivity contribution in [2.24, 2.45) is 0 Å². The van der Waals surface area contributed by atoms with E-state index >= 15 is 0 Å². The lowest BCUT2D eigenvalue weighted by molar-refractivity contribution is -0.354. The summed E-state index contributed by atoms with van der Waals surface area (Å²) in [5.41, 5.74) is 1.27. The minimum absolute atomic E-state index is 0.00194. The van der Waals surface area contributed by atoms with Gasteiger partial charge in [-0.1, -0.05) is 72.8 Å². The van der Waals surface area contributed by atoms with Gasteiger partial charge in [0.2, 0.25) is 0 Å². The van der Waals surface area contributed by atoms with Gasteiger partial charge in [0.05, 0.1) is 28.4 Å². The van der Waals surface area contributed by atoms with E-state index in [9.17, 15) is 43.2 Å². The van der Waals surface area contributed by atoms with E-state index in [1.165, 1.54) is 55.5 Å². The highest BCUT2D eigenvalue weighted by Gasteiger charge is 2.60. The van der Waals surface area contributed by atoms with Crippen molar-refractivity contribution < 1.29 is 95.3 Å². The van der Waals surface area contributed by atoms with E-state index in [4.69, 9.17) is 52.1 Å². The normalized spacial score (nSPS) is 24.6. The number of amides is 2. The first-order chi connectivity index (χ1) is 35.4. The molecule has 0 N–H and O–H groups in total. The highest BCUT2D eigenvalue weighted by Crippen LogP contribution is 2.40. The SMILES string of the molecule is CC(=O)OCc1ccc(C(C)O[C@@H]2O[C@H](COC(=O)c3ccccc3)[C@H](O[C@@H]3O[C@H](COC(C)=O)[C@@H](OC(C)=O)[C@H](OC(C)=O)[C@H]3N3C(=O)c4ccccc4C3=O)[C@H](OC(C)=O)[C@H]2OC(=O)c2ccccc2)cc1. The van der Waals surface area contributed by atoms with E-state index in [0.29, 0.717) is 16.0 Å². The maximum Gasteiger partial charge on any atom is 0.338 e. The molecule has 2 fully saturated rings. The highest BCUT2D eigenvalue weighted by atomic mass is 16.8. The number of hydrogen-bond donors (Lipinski definition) is 0. The Kier molecular flexibility index (Phi) is 17.7. The van der Waals surface area contributed by atoms with Gasteiger partial charge in [-0.05, 0) is 54.4 Å². The van der Waals surface area contributed by atoms with E-state index < -0.39 is 134 Å². The van der Waals surface area contributed by atoms with Gasteiger partial charge in [-0.15, -0.1) is 0 Å². The second-order valence-electron chi connectivity index (χ2n) is 17.2. The molecule has 0 spiro atoms. The third-order valence-corrected chi connectivity index (χ3v) is 11.8. The topological polar surface area (TPSA) is 258 Å². The third-order valence-electron chi connectivity index (χ3n) is 11.8. The Labute approximate surface area is 424 Å². The molecule has 11 atom stereocenters. The summed E-state index contributed by atoms with van der Waals surface area (Å²) in [4.78, 5) is 120. The van der Waals surface area contributed by atoms with Crippen molar-refractivity contribution >= 4 is 53.6 Å². The number of rotatable bonds is 18. The Morgan fingerprint density at radius 3 is 1.54 bits per heavy atom. The molecule has 1 unspecified atom stereocenters. The Bertz CT molecular complexity index is 2680. The lowest BCUT2D eigenvalue weighted by atomic mass is 9.93. The van der Waals surface area contributed by atoms with Crippen molar-refractivity contribution in [3.05, 3.63) is 143 Å². The quantitative estimate of drug-likeness (QED) is 0.0739. The minimum atomic E-state index is -2.03. The number of nitrogens with zero attached hydrogens (tertiary/aromatic N) is 1. The van der Waals surface area contributed by atoms with Crippen molar-refractivity contribution in [3.8, 4) is 0 Å². The van der Waals surface area contributed by atoms with Crippen LogP contribution in [0.3, 0.4) is 0 Å². The zero-order chi connectivity index (χ0) is 53.2. The fourth-order valence-corrected chi connectivity index (χ4v) is 8.57. The van der Waals surface area contributed by atoms with Crippen LogP contribution in [0.1, 0.15) is 100 Å². The standard InChI is InChI=1S/C53H53NO20/c1-28(35-23-21-34(22-24-35)25-64-29(2)55)67-53-47(73-51(63)37-17-11-8-12-18-37)46(70-33(6)59)44(41(72-53)27-66-50(62)36-15-9-7-10-16-36)74-52-42(54-48(60)38-19-13-14-20-39(38)49(54)61)45(69-32(5)58)43(68-31(4)57)40(71-52)26-65-30(3)56/h7-24,28,40-47,52-53H,25-27H2,1-6H3/t28?,40-,41-,42-,43-,44+,45-,46+,47-,52+,53-/m1/s1. The number of imide groups is 1. The molecule has 3 aliphatic rings. The number of ether oxygens (including phenoxy) is 11. The molecule has 3 aliphatic heterocycles. The van der Waals surface area contributed by atoms with Crippen molar-refractivity contribution in [1.29, 1.82) is 0 Å². The van der Waals surface area contributed by atoms with Crippen LogP contribution in [-0.4, -0.2) is 133 Å². The van der Waals surface area contributed by atoms with E-state index in [1.807, 2.05) is 0 Å². The van der Waals surface area contributed by atoms with Crippen LogP contribution < -0.4 is 0 Å². The number of fused-ring (bicyclic) bond motifs is 1. The minimum Gasteiger partial charge on any atom is -0.463 e. The smallest absolute Gasteiger partial charge is 0.338 e. The van der Waals surface area contributed by atoms with Crippen LogP contribution in [0.15, 0.2) is 109 Å². The molecule has 7 rings (SSSR count). The first-order valence-corrected chi connectivity index (χ1v) is 23.3. The van der Waals surface area contributed by atoms with E-state index in [0.717, 1.165) is 27.7 Å². The van der Waals surface area contributed by atoms with Gasteiger partial charge in [-0.2, -0.15) is 0 Å². The largest absolute Gasteiger partial charge is 0.463 e. The van der Waals surface area contributed by atoms with Gasteiger partial charge in [0.1, 0.15) is 44.2 Å². The molecule has 0 aromatic heterocycles. The molecule has 74 heavy (non-hydrogen) atoms. The van der Waals surface area contributed by atoms with E-state index in [1.54, 1.807) is 67.6 Å². The third kappa shape index (κ3) is 13.0. The summed E-state index contributed by atoms with van der Waals surface area (Å²) >= 11 is 0. The molecule has 21 nitrogen and oxygen atoms in total. The van der Waals surface area contributed by atoms with Crippen LogP contribution in [0.5, 0.6) is 0 Å². The molecule has 0 radical (unpaired) electrons. The Morgan fingerprint density at radius 2 is 0.986 bits per heavy atom. The molecular formula is C53H53NO20. The zero-order valence-corrected chi connectivity index (χ0v) is 41.0. The van der Waals surface area contributed by atoms with Crippen LogP contribution in [-0.2, 0) is 82.7 Å². The average molecular weight is 1020 g/mol. The van der Waals surface area contributed by atoms with Gasteiger partial charge >= 0.3 is 41.8 Å². The first-order valence-electron chi connectivity index (χ1n) is 23.3. The van der Waals surface area contributed by atoms with Crippen LogP contribution in [0.25, 0.3) is 0 Å². The van der Waals surface area contributed by atoms with Gasteiger partial charge in [-0.25, -0.2) is 9.59 Å². The Morgan fingerprint density at radius 1 is 0.500 bits per heavy atom. The Hall–Kier alpha value is -7.85. The fraction of sp³-hybridized carbons (Fsp3) is 0.377. The predicted molar refractivity (Wildman–Crippen MR) is 250 cm³/mol. The van der Waals surface area contributed by atoms with Gasteiger partial charge in [0, 0.05) is 34.6 Å². The number of carbonyl (C=O) groups is 9. The van der Waals surface area contributed by atoms with Crippen molar-refractivity contribution in [2.75, 3.05) is 13.2 Å². The molecule has 4 aromatic carbocycles. The van der Waals surface area contributed by atoms with Crippen LogP contribution in [0, 0.1) is 0 Å². The van der Waals surface area contributed by atoms with Crippen molar-refractivity contribution in [1.82, 2.24) is 4.90 Å². The predicted octanol–water partition coefficient (Wildman–Crippen LogP) is 4.77. The Balaban J connectivity index is 1.37. The summed E-state index contributed by atoms with van der Waals surface area (Å²) in [5.74, 6) is -7.76. The first kappa shape index (κ1) is 53.9. The summed E-state index contributed by atoms with van der Waals surface area (Å²) in [7, 11) is 0. The summed E-state index contributed by atoms with van der Waals surface area (Å²) in [5, 5.41) is 0. The molecule has 3 heterocycles. The molecule has 21 heteroatoms. The van der Waals surface area contributed by atoms with Crippen LogP contribution in [0.2, 0.25) is 0 Å². The van der Waals surface area contributed by atoms with E-state index in [2.05, 4.69) is 0 Å². The number of esters is 7. The second-order valence-corrected chi connectivity index (χ2v) is 17.2.